The number of aromatic carboxylic acids is 1. The zero-order chi connectivity index (χ0) is 13.0. The van der Waals surface area contributed by atoms with Crippen LogP contribution in [0.15, 0.2) is 58.8 Å². The van der Waals surface area contributed by atoms with Crippen molar-refractivity contribution in [1.82, 2.24) is 0 Å². The van der Waals surface area contributed by atoms with Gasteiger partial charge in [-0.25, -0.2) is 4.79 Å². The summed E-state index contributed by atoms with van der Waals surface area (Å²) in [5, 5.41) is 17.0. The summed E-state index contributed by atoms with van der Waals surface area (Å²) in [6.45, 7) is 1.99. The van der Waals surface area contributed by atoms with E-state index in [0.29, 0.717) is 11.4 Å². The lowest BCUT2D eigenvalue weighted by atomic mass is 10.2. The molecular weight excluding hydrogens is 228 g/mol. The van der Waals surface area contributed by atoms with Crippen molar-refractivity contribution in [1.29, 1.82) is 0 Å². The van der Waals surface area contributed by atoms with Gasteiger partial charge in [0.1, 0.15) is 5.69 Å². The summed E-state index contributed by atoms with van der Waals surface area (Å²) in [5.41, 5.74) is 2.33. The molecule has 0 aromatic heterocycles. The molecule has 4 heteroatoms. The van der Waals surface area contributed by atoms with Crippen LogP contribution in [0.4, 0.5) is 11.4 Å². The normalized spacial score (nSPS) is 10.7. The minimum Gasteiger partial charge on any atom is -0.478 e. The number of carboxylic acids is 1. The summed E-state index contributed by atoms with van der Waals surface area (Å²) < 4.78 is 0. The van der Waals surface area contributed by atoms with E-state index in [4.69, 9.17) is 5.11 Å². The third kappa shape index (κ3) is 2.79. The number of aryl methyl sites for hydroxylation is 1. The summed E-state index contributed by atoms with van der Waals surface area (Å²) in [5.74, 6) is -1.01. The molecule has 2 aromatic rings. The van der Waals surface area contributed by atoms with Crippen molar-refractivity contribution in [3.63, 3.8) is 0 Å². The second-order valence-corrected chi connectivity index (χ2v) is 3.86. The first-order valence-electron chi connectivity index (χ1n) is 5.47. The highest BCUT2D eigenvalue weighted by molar-refractivity contribution is 5.93. The van der Waals surface area contributed by atoms with Crippen molar-refractivity contribution in [2.24, 2.45) is 10.2 Å². The topological polar surface area (TPSA) is 62.0 Å². The predicted molar refractivity (Wildman–Crippen MR) is 68.8 cm³/mol. The highest BCUT2D eigenvalue weighted by Gasteiger charge is 2.07. The van der Waals surface area contributed by atoms with Crippen molar-refractivity contribution < 1.29 is 9.90 Å². The Morgan fingerprint density at radius 1 is 1.00 bits per heavy atom. The first kappa shape index (κ1) is 12.0. The molecule has 0 saturated heterocycles. The Hall–Kier alpha value is -2.49. The van der Waals surface area contributed by atoms with Crippen molar-refractivity contribution in [2.45, 2.75) is 6.92 Å². The van der Waals surface area contributed by atoms with E-state index in [9.17, 15) is 4.79 Å². The Bertz CT molecular complexity index is 589. The maximum atomic E-state index is 11.0. The fraction of sp³-hybridized carbons (Fsp3) is 0.0714. The largest absolute Gasteiger partial charge is 0.478 e. The van der Waals surface area contributed by atoms with E-state index in [1.165, 1.54) is 6.07 Å². The quantitative estimate of drug-likeness (QED) is 0.820. The summed E-state index contributed by atoms with van der Waals surface area (Å²) in [6.07, 6.45) is 0. The summed E-state index contributed by atoms with van der Waals surface area (Å²) >= 11 is 0. The van der Waals surface area contributed by atoms with Gasteiger partial charge in [0.2, 0.25) is 0 Å². The zero-order valence-corrected chi connectivity index (χ0v) is 9.87. The first-order valence-corrected chi connectivity index (χ1v) is 5.47. The zero-order valence-electron chi connectivity index (χ0n) is 9.87. The second-order valence-electron chi connectivity index (χ2n) is 3.86. The van der Waals surface area contributed by atoms with Gasteiger partial charge in [-0.05, 0) is 31.2 Å². The number of benzene rings is 2. The Morgan fingerprint density at radius 2 is 1.67 bits per heavy atom. The Labute approximate surface area is 105 Å². The van der Waals surface area contributed by atoms with E-state index in [0.717, 1.165) is 5.56 Å². The van der Waals surface area contributed by atoms with Gasteiger partial charge in [0.15, 0.2) is 0 Å². The van der Waals surface area contributed by atoms with Crippen molar-refractivity contribution in [2.75, 3.05) is 0 Å². The van der Waals surface area contributed by atoms with Crippen molar-refractivity contribution in [3.8, 4) is 0 Å². The number of hydrogen-bond donors (Lipinski definition) is 1. The lowest BCUT2D eigenvalue weighted by Crippen LogP contribution is -1.95. The van der Waals surface area contributed by atoms with Gasteiger partial charge in [-0.2, -0.15) is 5.11 Å². The van der Waals surface area contributed by atoms with Crippen LogP contribution in [0.2, 0.25) is 0 Å². The van der Waals surface area contributed by atoms with Crippen LogP contribution in [0.25, 0.3) is 0 Å². The summed E-state index contributed by atoms with van der Waals surface area (Å²) in [4.78, 5) is 11.0. The summed E-state index contributed by atoms with van der Waals surface area (Å²) in [7, 11) is 0. The van der Waals surface area contributed by atoms with E-state index in [1.807, 2.05) is 31.2 Å². The minimum atomic E-state index is -1.01. The molecule has 18 heavy (non-hydrogen) atoms. The van der Waals surface area contributed by atoms with Crippen LogP contribution < -0.4 is 0 Å². The third-order valence-corrected chi connectivity index (χ3v) is 2.44. The molecule has 0 aliphatic rings. The molecule has 2 rings (SSSR count). The van der Waals surface area contributed by atoms with E-state index in [1.54, 1.807) is 18.2 Å². The van der Waals surface area contributed by atoms with Crippen LogP contribution in [0.5, 0.6) is 0 Å². The van der Waals surface area contributed by atoms with E-state index in [-0.39, 0.29) is 5.56 Å². The Morgan fingerprint density at radius 3 is 2.33 bits per heavy atom. The van der Waals surface area contributed by atoms with Gasteiger partial charge in [0, 0.05) is 0 Å². The molecule has 0 spiro atoms. The number of hydrogen-bond acceptors (Lipinski definition) is 3. The second kappa shape index (κ2) is 5.23. The van der Waals surface area contributed by atoms with Crippen molar-refractivity contribution in [3.05, 3.63) is 59.7 Å². The van der Waals surface area contributed by atoms with Gasteiger partial charge < -0.3 is 5.11 Å². The van der Waals surface area contributed by atoms with Gasteiger partial charge >= 0.3 is 5.97 Å². The van der Waals surface area contributed by atoms with Gasteiger partial charge in [-0.3, -0.25) is 0 Å². The highest BCUT2D eigenvalue weighted by Crippen LogP contribution is 2.22. The Kier molecular flexibility index (Phi) is 3.48. The van der Waals surface area contributed by atoms with Gasteiger partial charge in [0.05, 0.1) is 11.3 Å². The van der Waals surface area contributed by atoms with E-state index in [2.05, 4.69) is 10.2 Å². The molecule has 0 amide bonds. The first-order chi connectivity index (χ1) is 8.66. The molecule has 0 aliphatic heterocycles. The molecule has 1 N–H and O–H groups in total. The fourth-order valence-corrected chi connectivity index (χ4v) is 1.46. The third-order valence-electron chi connectivity index (χ3n) is 2.44. The maximum Gasteiger partial charge on any atom is 0.337 e. The molecule has 0 aliphatic carbocycles. The molecule has 0 radical (unpaired) electrons. The summed E-state index contributed by atoms with van der Waals surface area (Å²) in [6, 6.07) is 14.1. The van der Waals surface area contributed by atoms with E-state index < -0.39 is 5.97 Å². The Balaban J connectivity index is 2.29. The average Bonchev–Trinajstić information content (AvgIpc) is 2.38. The molecule has 0 atom stereocenters. The van der Waals surface area contributed by atoms with Gasteiger partial charge in [-0.15, -0.1) is 5.11 Å². The SMILES string of the molecule is Cc1ccc(/N=N/c2ccccc2C(=O)O)cc1. The average molecular weight is 240 g/mol. The number of carboxylic acid groups (broad SMARTS) is 1. The lowest BCUT2D eigenvalue weighted by Gasteiger charge is -1.98. The van der Waals surface area contributed by atoms with Crippen molar-refractivity contribution >= 4 is 17.3 Å². The molecule has 4 nitrogen and oxygen atoms in total. The van der Waals surface area contributed by atoms with Crippen LogP contribution in [-0.2, 0) is 0 Å². The molecule has 0 heterocycles. The highest BCUT2D eigenvalue weighted by atomic mass is 16.4. The molecule has 90 valence electrons. The van der Waals surface area contributed by atoms with Crippen LogP contribution >= 0.6 is 0 Å². The molecule has 0 saturated carbocycles. The molecule has 0 bridgehead atoms. The molecular formula is C14H12N2O2. The predicted octanol–water partition coefficient (Wildman–Crippen LogP) is 4.11. The van der Waals surface area contributed by atoms with Crippen LogP contribution in [0.1, 0.15) is 15.9 Å². The van der Waals surface area contributed by atoms with Gasteiger partial charge in [-0.1, -0.05) is 29.8 Å². The standard InChI is InChI=1S/C14H12N2O2/c1-10-6-8-11(9-7-10)15-16-13-5-3-2-4-12(13)14(17)18/h2-9H,1H3,(H,17,18)/b16-15+. The minimum absolute atomic E-state index is 0.147. The van der Waals surface area contributed by atoms with Crippen LogP contribution in [0.3, 0.4) is 0 Å². The fourth-order valence-electron chi connectivity index (χ4n) is 1.46. The maximum absolute atomic E-state index is 11.0. The molecule has 0 unspecified atom stereocenters. The number of carbonyl (C=O) groups is 1. The monoisotopic (exact) mass is 240 g/mol. The molecule has 2 aromatic carbocycles. The number of azo groups is 1. The van der Waals surface area contributed by atoms with E-state index >= 15 is 0 Å². The number of rotatable bonds is 3. The van der Waals surface area contributed by atoms with Gasteiger partial charge in [0.25, 0.3) is 0 Å². The number of nitrogens with zero attached hydrogens (tertiary/aromatic N) is 2. The lowest BCUT2D eigenvalue weighted by molar-refractivity contribution is 0.0698. The smallest absolute Gasteiger partial charge is 0.337 e. The van der Waals surface area contributed by atoms with Crippen LogP contribution in [0, 0.1) is 6.92 Å². The molecule has 0 fully saturated rings. The van der Waals surface area contributed by atoms with Crippen LogP contribution in [-0.4, -0.2) is 11.1 Å².